The number of rotatable bonds is 2. The molecule has 6 heteroatoms. The maximum atomic E-state index is 12.5. The van der Waals surface area contributed by atoms with Crippen molar-refractivity contribution in [3.05, 3.63) is 22.4 Å². The van der Waals surface area contributed by atoms with Crippen molar-refractivity contribution in [3.8, 4) is 0 Å². The lowest BCUT2D eigenvalue weighted by atomic mass is 10.0. The first kappa shape index (κ1) is 12.6. The fourth-order valence-corrected chi connectivity index (χ4v) is 4.51. The van der Waals surface area contributed by atoms with Gasteiger partial charge >= 0.3 is 5.97 Å². The molecule has 1 saturated heterocycles. The molecule has 0 spiro atoms. The smallest absolute Gasteiger partial charge is 0.326 e. The average molecular weight is 295 g/mol. The van der Waals surface area contributed by atoms with E-state index >= 15 is 0 Å². The lowest BCUT2D eigenvalue weighted by Gasteiger charge is -2.32. The second-order valence-electron chi connectivity index (χ2n) is 4.61. The van der Waals surface area contributed by atoms with Crippen molar-refractivity contribution in [2.24, 2.45) is 0 Å². The van der Waals surface area contributed by atoms with Crippen LogP contribution in [0.2, 0.25) is 0 Å². The summed E-state index contributed by atoms with van der Waals surface area (Å²) in [6.07, 6.45) is 2.32. The van der Waals surface area contributed by atoms with E-state index in [0.29, 0.717) is 17.8 Å². The summed E-state index contributed by atoms with van der Waals surface area (Å²) in [5.74, 6) is -1.04. The van der Waals surface area contributed by atoms with Crippen LogP contribution >= 0.6 is 22.7 Å². The van der Waals surface area contributed by atoms with Gasteiger partial charge in [-0.1, -0.05) is 0 Å². The van der Waals surface area contributed by atoms with Crippen molar-refractivity contribution >= 4 is 43.9 Å². The standard InChI is InChI=1S/C13H13NO3S2/c15-12(11-7-10-9(19-11)4-6-18-10)14-5-2-1-3-8(14)13(16)17/h4,6-8H,1-3,5H2,(H,16,17). The minimum atomic E-state index is -0.897. The first-order valence-corrected chi connectivity index (χ1v) is 7.87. The Kier molecular flexibility index (Phi) is 3.28. The Morgan fingerprint density at radius 2 is 2.16 bits per heavy atom. The molecule has 1 aliphatic rings. The van der Waals surface area contributed by atoms with E-state index in [4.69, 9.17) is 0 Å². The molecule has 1 atom stereocenters. The molecule has 3 heterocycles. The number of likely N-dealkylation sites (tertiary alicyclic amines) is 1. The molecule has 1 unspecified atom stereocenters. The highest BCUT2D eigenvalue weighted by molar-refractivity contribution is 7.27. The monoisotopic (exact) mass is 295 g/mol. The van der Waals surface area contributed by atoms with Gasteiger partial charge < -0.3 is 10.0 Å². The van der Waals surface area contributed by atoms with E-state index in [-0.39, 0.29) is 5.91 Å². The van der Waals surface area contributed by atoms with Crippen LogP contribution in [0.5, 0.6) is 0 Å². The van der Waals surface area contributed by atoms with Crippen LogP contribution in [0, 0.1) is 0 Å². The number of aliphatic carboxylic acids is 1. The number of hydrogen-bond donors (Lipinski definition) is 1. The molecule has 0 aromatic carbocycles. The number of carboxylic acids is 1. The molecule has 3 rings (SSSR count). The molecule has 1 aliphatic heterocycles. The van der Waals surface area contributed by atoms with Gasteiger partial charge in [0.15, 0.2) is 0 Å². The van der Waals surface area contributed by atoms with E-state index in [2.05, 4.69) is 0 Å². The van der Waals surface area contributed by atoms with Crippen molar-refractivity contribution in [2.75, 3.05) is 6.54 Å². The fourth-order valence-electron chi connectivity index (χ4n) is 2.44. The quantitative estimate of drug-likeness (QED) is 0.926. The van der Waals surface area contributed by atoms with Gasteiger partial charge in [0.1, 0.15) is 6.04 Å². The third-order valence-corrected chi connectivity index (χ3v) is 5.48. The van der Waals surface area contributed by atoms with E-state index in [9.17, 15) is 14.7 Å². The van der Waals surface area contributed by atoms with Crippen LogP contribution in [0.4, 0.5) is 0 Å². The van der Waals surface area contributed by atoms with Crippen LogP contribution in [0.15, 0.2) is 17.5 Å². The second kappa shape index (κ2) is 4.94. The van der Waals surface area contributed by atoms with Gasteiger partial charge in [-0.05, 0) is 36.8 Å². The third kappa shape index (κ3) is 2.26. The van der Waals surface area contributed by atoms with Crippen molar-refractivity contribution in [1.82, 2.24) is 4.90 Å². The minimum Gasteiger partial charge on any atom is -0.480 e. The maximum absolute atomic E-state index is 12.5. The molecule has 0 saturated carbocycles. The summed E-state index contributed by atoms with van der Waals surface area (Å²) in [7, 11) is 0. The molecule has 2 aromatic heterocycles. The van der Waals surface area contributed by atoms with E-state index < -0.39 is 12.0 Å². The highest BCUT2D eigenvalue weighted by Crippen LogP contribution is 2.31. The van der Waals surface area contributed by atoms with E-state index in [1.807, 2.05) is 17.5 Å². The molecule has 0 bridgehead atoms. The topological polar surface area (TPSA) is 57.6 Å². The van der Waals surface area contributed by atoms with Gasteiger partial charge in [0.2, 0.25) is 0 Å². The highest BCUT2D eigenvalue weighted by Gasteiger charge is 2.33. The molecule has 19 heavy (non-hydrogen) atoms. The Morgan fingerprint density at radius 3 is 2.89 bits per heavy atom. The summed E-state index contributed by atoms with van der Waals surface area (Å²) in [5, 5.41) is 11.2. The highest BCUT2D eigenvalue weighted by atomic mass is 32.1. The van der Waals surface area contributed by atoms with Gasteiger partial charge in [-0.3, -0.25) is 4.79 Å². The number of piperidine rings is 1. The predicted octanol–water partition coefficient (Wildman–Crippen LogP) is 3.04. The summed E-state index contributed by atoms with van der Waals surface area (Å²) in [4.78, 5) is 25.9. The lowest BCUT2D eigenvalue weighted by Crippen LogP contribution is -2.47. The molecular formula is C13H13NO3S2. The Labute approximate surface area is 118 Å². The summed E-state index contributed by atoms with van der Waals surface area (Å²) >= 11 is 3.05. The zero-order valence-corrected chi connectivity index (χ0v) is 11.8. The van der Waals surface area contributed by atoms with Crippen LogP contribution in [0.25, 0.3) is 9.40 Å². The van der Waals surface area contributed by atoms with Crippen LogP contribution in [-0.4, -0.2) is 34.5 Å². The summed E-state index contributed by atoms with van der Waals surface area (Å²) < 4.78 is 2.19. The number of hydrogen-bond acceptors (Lipinski definition) is 4. The number of thiophene rings is 2. The number of fused-ring (bicyclic) bond motifs is 1. The molecule has 2 aromatic rings. The molecule has 0 aliphatic carbocycles. The SMILES string of the molecule is O=C(O)C1CCCCN1C(=O)c1cc2sccc2s1. The minimum absolute atomic E-state index is 0.138. The number of amides is 1. The van der Waals surface area contributed by atoms with E-state index in [1.165, 1.54) is 16.2 Å². The number of carboxylic acid groups (broad SMARTS) is 1. The first-order valence-electron chi connectivity index (χ1n) is 6.17. The van der Waals surface area contributed by atoms with Crippen molar-refractivity contribution in [1.29, 1.82) is 0 Å². The molecule has 1 amide bonds. The van der Waals surface area contributed by atoms with Crippen molar-refractivity contribution < 1.29 is 14.7 Å². The predicted molar refractivity (Wildman–Crippen MR) is 76.0 cm³/mol. The Bertz CT molecular complexity index is 602. The Hall–Kier alpha value is -1.40. The second-order valence-corrected chi connectivity index (χ2v) is 6.64. The fraction of sp³-hybridized carbons (Fsp3) is 0.385. The zero-order chi connectivity index (χ0) is 13.4. The summed E-state index contributed by atoms with van der Waals surface area (Å²) in [5.41, 5.74) is 0. The van der Waals surface area contributed by atoms with Crippen LogP contribution in [0.3, 0.4) is 0 Å². The largest absolute Gasteiger partial charge is 0.480 e. The van der Waals surface area contributed by atoms with Crippen molar-refractivity contribution in [3.63, 3.8) is 0 Å². The van der Waals surface area contributed by atoms with Gasteiger partial charge in [0.25, 0.3) is 5.91 Å². The average Bonchev–Trinajstić information content (AvgIpc) is 2.98. The zero-order valence-electron chi connectivity index (χ0n) is 10.2. The maximum Gasteiger partial charge on any atom is 0.326 e. The van der Waals surface area contributed by atoms with Crippen LogP contribution in [0.1, 0.15) is 28.9 Å². The summed E-state index contributed by atoms with van der Waals surface area (Å²) in [6.45, 7) is 0.543. The number of carbonyl (C=O) groups excluding carboxylic acids is 1. The van der Waals surface area contributed by atoms with Crippen LogP contribution in [-0.2, 0) is 4.79 Å². The van der Waals surface area contributed by atoms with Gasteiger partial charge in [-0.15, -0.1) is 22.7 Å². The van der Waals surface area contributed by atoms with Crippen LogP contribution < -0.4 is 0 Å². The van der Waals surface area contributed by atoms with Gasteiger partial charge in [0, 0.05) is 15.9 Å². The molecule has 100 valence electrons. The lowest BCUT2D eigenvalue weighted by molar-refractivity contribution is -0.143. The van der Waals surface area contributed by atoms with Gasteiger partial charge in [0.05, 0.1) is 4.88 Å². The number of nitrogens with zero attached hydrogens (tertiary/aromatic N) is 1. The Balaban J connectivity index is 1.89. The van der Waals surface area contributed by atoms with Gasteiger partial charge in [-0.2, -0.15) is 0 Å². The normalized spacial score (nSPS) is 19.8. The molecule has 4 nitrogen and oxygen atoms in total. The summed E-state index contributed by atoms with van der Waals surface area (Å²) in [6, 6.07) is 3.20. The van der Waals surface area contributed by atoms with E-state index in [1.54, 1.807) is 11.3 Å². The third-order valence-electron chi connectivity index (χ3n) is 3.40. The first-order chi connectivity index (χ1) is 9.16. The molecule has 1 N–H and O–H groups in total. The molecular weight excluding hydrogens is 282 g/mol. The van der Waals surface area contributed by atoms with E-state index in [0.717, 1.165) is 22.2 Å². The Morgan fingerprint density at radius 1 is 1.32 bits per heavy atom. The van der Waals surface area contributed by atoms with Gasteiger partial charge in [-0.25, -0.2) is 4.79 Å². The molecule has 1 fully saturated rings. The van der Waals surface area contributed by atoms with Crippen molar-refractivity contribution in [2.45, 2.75) is 25.3 Å². The number of carbonyl (C=O) groups is 2. The molecule has 0 radical (unpaired) electrons.